The van der Waals surface area contributed by atoms with E-state index in [1.165, 1.54) is 11.3 Å². The second-order valence-electron chi connectivity index (χ2n) is 5.23. The third-order valence-corrected chi connectivity index (χ3v) is 4.50. The lowest BCUT2D eigenvalue weighted by molar-refractivity contribution is -0.118. The minimum atomic E-state index is -0.295. The monoisotopic (exact) mass is 388 g/mol. The number of anilines is 1. The molecule has 0 saturated carbocycles. The van der Waals surface area contributed by atoms with Crippen LogP contribution < -0.4 is 14.8 Å². The number of amides is 1. The molecule has 0 radical (unpaired) electrons. The Balaban J connectivity index is 1.60. The maximum Gasteiger partial charge on any atom is 0.264 e. The summed E-state index contributed by atoms with van der Waals surface area (Å²) in [5.41, 5.74) is 1.55. The molecule has 0 fully saturated rings. The van der Waals surface area contributed by atoms with Gasteiger partial charge in [-0.15, -0.1) is 11.3 Å². The number of ether oxygens (including phenoxy) is 2. The van der Waals surface area contributed by atoms with E-state index in [1.807, 2.05) is 42.6 Å². The van der Waals surface area contributed by atoms with E-state index in [4.69, 9.17) is 21.1 Å². The molecule has 0 bridgehead atoms. The topological polar surface area (TPSA) is 60.5 Å². The number of hydrogen-bond acceptors (Lipinski definition) is 5. The molecule has 7 heteroatoms. The number of hydrogen-bond donors (Lipinski definition) is 1. The van der Waals surface area contributed by atoms with Crippen LogP contribution in [0.1, 0.15) is 6.92 Å². The van der Waals surface area contributed by atoms with Crippen molar-refractivity contribution < 1.29 is 14.3 Å². The van der Waals surface area contributed by atoms with E-state index in [0.29, 0.717) is 28.3 Å². The van der Waals surface area contributed by atoms with E-state index < -0.39 is 0 Å². The van der Waals surface area contributed by atoms with Crippen molar-refractivity contribution in [3.63, 3.8) is 0 Å². The molecule has 0 saturated heterocycles. The van der Waals surface area contributed by atoms with Crippen molar-refractivity contribution in [3.05, 3.63) is 58.9 Å². The Morgan fingerprint density at radius 1 is 1.12 bits per heavy atom. The summed E-state index contributed by atoms with van der Waals surface area (Å²) in [6.07, 6.45) is 0. The highest BCUT2D eigenvalue weighted by Crippen LogP contribution is 2.30. The molecule has 0 aliphatic rings. The van der Waals surface area contributed by atoms with Crippen LogP contribution in [0.25, 0.3) is 11.3 Å². The molecule has 2 aromatic carbocycles. The van der Waals surface area contributed by atoms with Crippen LogP contribution in [0.5, 0.6) is 11.5 Å². The first-order chi connectivity index (χ1) is 12.7. The van der Waals surface area contributed by atoms with Crippen molar-refractivity contribution in [1.82, 2.24) is 4.98 Å². The first kappa shape index (κ1) is 18.2. The minimum Gasteiger partial charge on any atom is -0.490 e. The summed E-state index contributed by atoms with van der Waals surface area (Å²) in [5.74, 6) is 0.842. The van der Waals surface area contributed by atoms with Gasteiger partial charge in [-0.25, -0.2) is 4.98 Å². The van der Waals surface area contributed by atoms with E-state index in [0.717, 1.165) is 11.3 Å². The molecule has 26 heavy (non-hydrogen) atoms. The smallest absolute Gasteiger partial charge is 0.264 e. The highest BCUT2D eigenvalue weighted by Gasteiger charge is 2.11. The first-order valence-corrected chi connectivity index (χ1v) is 9.28. The van der Waals surface area contributed by atoms with Gasteiger partial charge < -0.3 is 9.47 Å². The molecule has 1 amide bonds. The standard InChI is InChI=1S/C19H17ClN2O3S/c1-2-24-16-9-5-6-10-17(16)25-11-18(23)22-19-21-15(12-26-19)13-7-3-4-8-14(13)20/h3-10,12H,2,11H2,1H3,(H,21,22,23). The highest BCUT2D eigenvalue weighted by atomic mass is 35.5. The number of thiazole rings is 1. The number of nitrogens with one attached hydrogen (secondary N) is 1. The summed E-state index contributed by atoms with van der Waals surface area (Å²) >= 11 is 7.51. The molecule has 1 heterocycles. The minimum absolute atomic E-state index is 0.134. The van der Waals surface area contributed by atoms with Crippen molar-refractivity contribution >= 4 is 34.0 Å². The summed E-state index contributed by atoms with van der Waals surface area (Å²) in [4.78, 5) is 16.5. The Labute approximate surface area is 160 Å². The molecule has 3 rings (SSSR count). The number of para-hydroxylation sites is 2. The second kappa shape index (κ2) is 8.69. The van der Waals surface area contributed by atoms with E-state index in [2.05, 4.69) is 10.3 Å². The zero-order valence-corrected chi connectivity index (χ0v) is 15.6. The summed E-state index contributed by atoms with van der Waals surface area (Å²) in [6, 6.07) is 14.7. The molecular formula is C19H17ClN2O3S. The van der Waals surface area contributed by atoms with Gasteiger partial charge in [-0.2, -0.15) is 0 Å². The van der Waals surface area contributed by atoms with Gasteiger partial charge in [0.05, 0.1) is 12.3 Å². The Morgan fingerprint density at radius 2 is 1.81 bits per heavy atom. The molecule has 3 aromatic rings. The highest BCUT2D eigenvalue weighted by molar-refractivity contribution is 7.14. The van der Waals surface area contributed by atoms with Crippen LogP contribution in [0.2, 0.25) is 5.02 Å². The third-order valence-electron chi connectivity index (χ3n) is 3.41. The fraction of sp³-hybridized carbons (Fsp3) is 0.158. The lowest BCUT2D eigenvalue weighted by Gasteiger charge is -2.10. The van der Waals surface area contributed by atoms with Crippen LogP contribution in [0.15, 0.2) is 53.9 Å². The van der Waals surface area contributed by atoms with Crippen LogP contribution in [0.4, 0.5) is 5.13 Å². The Bertz CT molecular complexity index is 898. The number of halogens is 1. The van der Waals surface area contributed by atoms with Crippen molar-refractivity contribution in [3.8, 4) is 22.8 Å². The van der Waals surface area contributed by atoms with Crippen LogP contribution in [0.3, 0.4) is 0 Å². The predicted molar refractivity (Wildman–Crippen MR) is 104 cm³/mol. The second-order valence-corrected chi connectivity index (χ2v) is 6.50. The summed E-state index contributed by atoms with van der Waals surface area (Å²) in [7, 11) is 0. The third kappa shape index (κ3) is 4.53. The number of rotatable bonds is 7. The van der Waals surface area contributed by atoms with Gasteiger partial charge >= 0.3 is 0 Å². The fourth-order valence-corrected chi connectivity index (χ4v) is 3.23. The Morgan fingerprint density at radius 3 is 2.54 bits per heavy atom. The molecule has 1 N–H and O–H groups in total. The molecule has 0 unspecified atom stereocenters. The zero-order valence-electron chi connectivity index (χ0n) is 14.1. The molecule has 0 atom stereocenters. The molecule has 0 aliphatic carbocycles. The summed E-state index contributed by atoms with van der Waals surface area (Å²) < 4.78 is 11.0. The van der Waals surface area contributed by atoms with Gasteiger partial charge in [0.25, 0.3) is 5.91 Å². The fourth-order valence-electron chi connectivity index (χ4n) is 2.27. The van der Waals surface area contributed by atoms with Gasteiger partial charge in [0.15, 0.2) is 23.2 Å². The average Bonchev–Trinajstić information content (AvgIpc) is 3.10. The van der Waals surface area contributed by atoms with Crippen LogP contribution >= 0.6 is 22.9 Å². The molecule has 1 aromatic heterocycles. The largest absolute Gasteiger partial charge is 0.490 e. The molecule has 0 spiro atoms. The molecular weight excluding hydrogens is 372 g/mol. The number of carbonyl (C=O) groups excluding carboxylic acids is 1. The van der Waals surface area contributed by atoms with Crippen molar-refractivity contribution in [2.75, 3.05) is 18.5 Å². The summed E-state index contributed by atoms with van der Waals surface area (Å²) in [5, 5.41) is 5.69. The lowest BCUT2D eigenvalue weighted by Crippen LogP contribution is -2.20. The molecule has 5 nitrogen and oxygen atoms in total. The average molecular weight is 389 g/mol. The van der Waals surface area contributed by atoms with Gasteiger partial charge in [0.2, 0.25) is 0 Å². The summed E-state index contributed by atoms with van der Waals surface area (Å²) in [6.45, 7) is 2.28. The first-order valence-electron chi connectivity index (χ1n) is 8.02. The lowest BCUT2D eigenvalue weighted by atomic mass is 10.2. The number of carbonyl (C=O) groups is 1. The molecule has 0 aliphatic heterocycles. The van der Waals surface area contributed by atoms with Crippen molar-refractivity contribution in [2.45, 2.75) is 6.92 Å². The van der Waals surface area contributed by atoms with Gasteiger partial charge in [-0.1, -0.05) is 41.9 Å². The van der Waals surface area contributed by atoms with E-state index in [9.17, 15) is 4.79 Å². The van der Waals surface area contributed by atoms with Gasteiger partial charge in [0.1, 0.15) is 0 Å². The van der Waals surface area contributed by atoms with Crippen LogP contribution in [-0.4, -0.2) is 24.1 Å². The van der Waals surface area contributed by atoms with Gasteiger partial charge in [-0.3, -0.25) is 10.1 Å². The predicted octanol–water partition coefficient (Wildman–Crippen LogP) is 4.88. The van der Waals surface area contributed by atoms with E-state index in [1.54, 1.807) is 18.2 Å². The van der Waals surface area contributed by atoms with Crippen LogP contribution in [0, 0.1) is 0 Å². The van der Waals surface area contributed by atoms with Gasteiger partial charge in [0, 0.05) is 16.0 Å². The van der Waals surface area contributed by atoms with E-state index >= 15 is 0 Å². The number of aromatic nitrogens is 1. The number of nitrogens with zero attached hydrogens (tertiary/aromatic N) is 1. The molecule has 134 valence electrons. The van der Waals surface area contributed by atoms with Crippen molar-refractivity contribution in [1.29, 1.82) is 0 Å². The zero-order chi connectivity index (χ0) is 18.4. The maximum absolute atomic E-state index is 12.1. The van der Waals surface area contributed by atoms with Gasteiger partial charge in [-0.05, 0) is 25.1 Å². The Hall–Kier alpha value is -2.57. The Kier molecular flexibility index (Phi) is 6.09. The quantitative estimate of drug-likeness (QED) is 0.626. The normalized spacial score (nSPS) is 10.4. The van der Waals surface area contributed by atoms with E-state index in [-0.39, 0.29) is 12.5 Å². The van der Waals surface area contributed by atoms with Crippen LogP contribution in [-0.2, 0) is 4.79 Å². The number of benzene rings is 2. The maximum atomic E-state index is 12.1. The SMILES string of the molecule is CCOc1ccccc1OCC(=O)Nc1nc(-c2ccccc2Cl)cs1. The van der Waals surface area contributed by atoms with Crippen molar-refractivity contribution in [2.24, 2.45) is 0 Å².